The van der Waals surface area contributed by atoms with Gasteiger partial charge in [-0.3, -0.25) is 20.2 Å². The van der Waals surface area contributed by atoms with E-state index < -0.39 is 11.8 Å². The van der Waals surface area contributed by atoms with E-state index in [1.54, 1.807) is 18.2 Å². The molecule has 5 nitrogen and oxygen atoms in total. The van der Waals surface area contributed by atoms with Crippen molar-refractivity contribution in [3.05, 3.63) is 34.4 Å². The molecule has 1 fully saturated rings. The summed E-state index contributed by atoms with van der Waals surface area (Å²) in [6, 6.07) is 5.05. The highest BCUT2D eigenvalue weighted by Crippen LogP contribution is 2.26. The van der Waals surface area contributed by atoms with Crippen LogP contribution >= 0.6 is 23.8 Å². The summed E-state index contributed by atoms with van der Waals surface area (Å²) in [5.74, 6) is -0.503. The van der Waals surface area contributed by atoms with Crippen molar-refractivity contribution in [2.75, 3.05) is 6.61 Å². The monoisotopic (exact) mass is 324 g/mol. The van der Waals surface area contributed by atoms with E-state index in [2.05, 4.69) is 10.6 Å². The first-order chi connectivity index (χ1) is 10.0. The predicted octanol–water partition coefficient (Wildman–Crippen LogP) is 2.04. The van der Waals surface area contributed by atoms with E-state index in [9.17, 15) is 9.59 Å². The van der Waals surface area contributed by atoms with Gasteiger partial charge in [-0.2, -0.15) is 0 Å². The van der Waals surface area contributed by atoms with Crippen molar-refractivity contribution in [3.63, 3.8) is 0 Å². The van der Waals surface area contributed by atoms with Crippen molar-refractivity contribution in [1.82, 2.24) is 10.6 Å². The Bertz CT molecular complexity index is 621. The minimum absolute atomic E-state index is 0.00324. The van der Waals surface area contributed by atoms with E-state index in [4.69, 9.17) is 28.6 Å². The smallest absolute Gasteiger partial charge is 0.263 e. The summed E-state index contributed by atoms with van der Waals surface area (Å²) in [7, 11) is 0. The van der Waals surface area contributed by atoms with Crippen LogP contribution in [0.5, 0.6) is 5.75 Å². The normalized spacial score (nSPS) is 14.6. The van der Waals surface area contributed by atoms with Crippen molar-refractivity contribution in [3.8, 4) is 5.75 Å². The van der Waals surface area contributed by atoms with Gasteiger partial charge in [-0.05, 0) is 42.4 Å². The summed E-state index contributed by atoms with van der Waals surface area (Å²) in [5.41, 5.74) is 0.596. The molecule has 110 valence electrons. The van der Waals surface area contributed by atoms with Gasteiger partial charge in [0.25, 0.3) is 11.8 Å². The van der Waals surface area contributed by atoms with Crippen LogP contribution in [0.4, 0.5) is 0 Å². The molecule has 2 rings (SSSR count). The van der Waals surface area contributed by atoms with Gasteiger partial charge in [0, 0.05) is 0 Å². The van der Waals surface area contributed by atoms with Gasteiger partial charge >= 0.3 is 0 Å². The summed E-state index contributed by atoms with van der Waals surface area (Å²) < 4.78 is 5.46. The fourth-order valence-electron chi connectivity index (χ4n) is 1.71. The Labute approximate surface area is 132 Å². The molecule has 1 aromatic rings. The molecule has 1 saturated heterocycles. The zero-order chi connectivity index (χ0) is 15.4. The van der Waals surface area contributed by atoms with E-state index in [-0.39, 0.29) is 10.7 Å². The average Bonchev–Trinajstić information content (AvgIpc) is 2.42. The second-order valence-electron chi connectivity index (χ2n) is 4.33. The Morgan fingerprint density at radius 3 is 2.52 bits per heavy atom. The number of nitrogens with one attached hydrogen (secondary N) is 2. The van der Waals surface area contributed by atoms with Crippen LogP contribution in [0.3, 0.4) is 0 Å². The Kier molecular flexibility index (Phi) is 4.93. The molecule has 2 amide bonds. The number of hydrogen-bond donors (Lipinski definition) is 2. The Morgan fingerprint density at radius 2 is 1.95 bits per heavy atom. The maximum absolute atomic E-state index is 11.7. The molecule has 0 aliphatic carbocycles. The minimum Gasteiger partial charge on any atom is -0.492 e. The van der Waals surface area contributed by atoms with Crippen molar-refractivity contribution >= 4 is 46.8 Å². The third-order valence-corrected chi connectivity index (χ3v) is 3.17. The molecule has 0 unspecified atom stereocenters. The topological polar surface area (TPSA) is 67.4 Å². The van der Waals surface area contributed by atoms with Gasteiger partial charge in [0.15, 0.2) is 5.11 Å². The molecule has 1 aliphatic rings. The van der Waals surface area contributed by atoms with Crippen LogP contribution in [0.25, 0.3) is 6.08 Å². The molecule has 0 spiro atoms. The van der Waals surface area contributed by atoms with E-state index in [0.29, 0.717) is 22.9 Å². The molecule has 0 saturated carbocycles. The summed E-state index contributed by atoms with van der Waals surface area (Å²) in [6.45, 7) is 2.57. The number of ether oxygens (including phenoxy) is 1. The lowest BCUT2D eigenvalue weighted by Gasteiger charge is -2.16. The molecule has 7 heteroatoms. The molecule has 1 aromatic carbocycles. The average molecular weight is 325 g/mol. The molecule has 21 heavy (non-hydrogen) atoms. The van der Waals surface area contributed by atoms with Gasteiger partial charge in [0.05, 0.1) is 11.6 Å². The molecule has 0 atom stereocenters. The molecular formula is C14H13ClN2O3S. The van der Waals surface area contributed by atoms with E-state index in [0.717, 1.165) is 6.42 Å². The number of thiocarbonyl (C=S) groups is 1. The zero-order valence-electron chi connectivity index (χ0n) is 11.2. The summed E-state index contributed by atoms with van der Waals surface area (Å²) in [5, 5.41) is 5.16. The second kappa shape index (κ2) is 6.69. The van der Waals surface area contributed by atoms with Crippen LogP contribution in [0.2, 0.25) is 5.02 Å². The number of rotatable bonds is 4. The standard InChI is InChI=1S/C14H13ClN2O3S/c1-2-5-20-11-4-3-8(7-10(11)15)6-9-12(18)16-14(21)17-13(9)19/h3-4,6-7H,2,5H2,1H3,(H2,16,17,18,19,21). The number of amides is 2. The molecule has 0 radical (unpaired) electrons. The van der Waals surface area contributed by atoms with Gasteiger partial charge < -0.3 is 4.74 Å². The third kappa shape index (κ3) is 3.80. The fourth-order valence-corrected chi connectivity index (χ4v) is 2.14. The van der Waals surface area contributed by atoms with Crippen molar-refractivity contribution in [1.29, 1.82) is 0 Å². The van der Waals surface area contributed by atoms with Crippen LogP contribution in [0.15, 0.2) is 23.8 Å². The molecule has 0 aromatic heterocycles. The van der Waals surface area contributed by atoms with Crippen molar-refractivity contribution in [2.24, 2.45) is 0 Å². The molecule has 1 heterocycles. The minimum atomic E-state index is -0.536. The lowest BCUT2D eigenvalue weighted by Crippen LogP contribution is -2.51. The molecule has 1 aliphatic heterocycles. The number of carbonyl (C=O) groups excluding carboxylic acids is 2. The lowest BCUT2D eigenvalue weighted by atomic mass is 10.1. The van der Waals surface area contributed by atoms with E-state index in [1.165, 1.54) is 6.08 Å². The highest BCUT2D eigenvalue weighted by Gasteiger charge is 2.25. The highest BCUT2D eigenvalue weighted by molar-refractivity contribution is 7.80. The maximum atomic E-state index is 11.7. The van der Waals surface area contributed by atoms with Crippen molar-refractivity contribution < 1.29 is 14.3 Å². The highest BCUT2D eigenvalue weighted by atomic mass is 35.5. The van der Waals surface area contributed by atoms with Crippen molar-refractivity contribution in [2.45, 2.75) is 13.3 Å². The van der Waals surface area contributed by atoms with Gasteiger partial charge in [0.2, 0.25) is 0 Å². The van der Waals surface area contributed by atoms with Gasteiger partial charge in [-0.25, -0.2) is 0 Å². The molecule has 2 N–H and O–H groups in total. The van der Waals surface area contributed by atoms with E-state index in [1.807, 2.05) is 6.92 Å². The number of halogens is 1. The maximum Gasteiger partial charge on any atom is 0.263 e. The Hall–Kier alpha value is -1.92. The lowest BCUT2D eigenvalue weighted by molar-refractivity contribution is -0.123. The molecule has 0 bridgehead atoms. The summed E-state index contributed by atoms with van der Waals surface area (Å²) in [4.78, 5) is 23.5. The molecular weight excluding hydrogens is 312 g/mol. The third-order valence-electron chi connectivity index (χ3n) is 2.67. The number of carbonyl (C=O) groups is 2. The second-order valence-corrected chi connectivity index (χ2v) is 5.15. The predicted molar refractivity (Wildman–Crippen MR) is 84.1 cm³/mol. The first-order valence-electron chi connectivity index (χ1n) is 6.32. The van der Waals surface area contributed by atoms with Crippen LogP contribution in [-0.2, 0) is 9.59 Å². The van der Waals surface area contributed by atoms with Crippen LogP contribution in [0.1, 0.15) is 18.9 Å². The van der Waals surface area contributed by atoms with Gasteiger partial charge in [0.1, 0.15) is 11.3 Å². The Balaban J connectivity index is 2.24. The van der Waals surface area contributed by atoms with Gasteiger partial charge in [-0.15, -0.1) is 0 Å². The largest absolute Gasteiger partial charge is 0.492 e. The summed E-state index contributed by atoms with van der Waals surface area (Å²) in [6.07, 6.45) is 2.32. The van der Waals surface area contributed by atoms with Crippen LogP contribution in [0, 0.1) is 0 Å². The first-order valence-corrected chi connectivity index (χ1v) is 7.10. The fraction of sp³-hybridized carbons (Fsp3) is 0.214. The zero-order valence-corrected chi connectivity index (χ0v) is 12.8. The number of benzene rings is 1. The van der Waals surface area contributed by atoms with E-state index >= 15 is 0 Å². The first kappa shape index (κ1) is 15.5. The quantitative estimate of drug-likeness (QED) is 0.505. The SMILES string of the molecule is CCCOc1ccc(C=C2C(=O)NC(=S)NC2=O)cc1Cl. The van der Waals surface area contributed by atoms with Crippen LogP contribution in [-0.4, -0.2) is 23.5 Å². The Morgan fingerprint density at radius 1 is 1.29 bits per heavy atom. The van der Waals surface area contributed by atoms with Crippen LogP contribution < -0.4 is 15.4 Å². The summed E-state index contributed by atoms with van der Waals surface area (Å²) >= 11 is 10.8. The number of hydrogen-bond acceptors (Lipinski definition) is 4. The van der Waals surface area contributed by atoms with Gasteiger partial charge in [-0.1, -0.05) is 24.6 Å².